The highest BCUT2D eigenvalue weighted by Gasteiger charge is 2.41. The lowest BCUT2D eigenvalue weighted by molar-refractivity contribution is -0.134. The molecular weight excluding hydrogens is 580 g/mol. The summed E-state index contributed by atoms with van der Waals surface area (Å²) < 4.78 is 11.1. The van der Waals surface area contributed by atoms with Crippen molar-refractivity contribution in [1.29, 1.82) is 0 Å². The number of likely N-dealkylation sites (tertiary alicyclic amines) is 1. The molecule has 0 radical (unpaired) electrons. The normalized spacial score (nSPS) is 18.6. The standard InChI is InChI=1S/C30H32N6O5.C2H4O2/c1-18-13-27(34-41-18)30(39)35-10-4-12-40-22-6-3-5-20(14-22)23-16-36(17-24(23)28(37)31-9-11-35)29(38)21-7-8-25-26(15-21)33-19(2)32-25;1-2(3)4/h3,5-8,13-15,23-24H,4,9-12,16-17H2,1-2H3,(H,31,37)(H,32,33);1H3,(H,3,4)/t23-,24+;/m1./s1. The topological polar surface area (TPSA) is 171 Å². The van der Waals surface area contributed by atoms with E-state index in [1.807, 2.05) is 43.3 Å². The maximum Gasteiger partial charge on any atom is 0.300 e. The van der Waals surface area contributed by atoms with E-state index in [0.717, 1.165) is 29.3 Å². The van der Waals surface area contributed by atoms with E-state index < -0.39 is 11.9 Å². The van der Waals surface area contributed by atoms with Crippen molar-refractivity contribution in [3.05, 3.63) is 76.9 Å². The lowest BCUT2D eigenvalue weighted by atomic mass is 9.88. The highest BCUT2D eigenvalue weighted by molar-refractivity contribution is 5.98. The molecule has 2 aliphatic heterocycles. The molecule has 1 saturated heterocycles. The maximum absolute atomic E-state index is 13.6. The molecule has 4 heterocycles. The molecule has 0 saturated carbocycles. The molecule has 2 bridgehead atoms. The first-order valence-electron chi connectivity index (χ1n) is 14.8. The Morgan fingerprint density at radius 2 is 1.76 bits per heavy atom. The third-order valence-electron chi connectivity index (χ3n) is 7.73. The second-order valence-corrected chi connectivity index (χ2v) is 11.2. The fourth-order valence-corrected chi connectivity index (χ4v) is 5.70. The van der Waals surface area contributed by atoms with Crippen LogP contribution in [0.25, 0.3) is 11.0 Å². The maximum atomic E-state index is 13.6. The van der Waals surface area contributed by atoms with E-state index in [0.29, 0.717) is 49.7 Å². The number of benzene rings is 2. The number of aromatic nitrogens is 3. The summed E-state index contributed by atoms with van der Waals surface area (Å²) >= 11 is 0. The van der Waals surface area contributed by atoms with Gasteiger partial charge in [0.05, 0.1) is 23.6 Å². The van der Waals surface area contributed by atoms with Crippen LogP contribution in [-0.2, 0) is 9.59 Å². The molecule has 2 aromatic heterocycles. The highest BCUT2D eigenvalue weighted by Crippen LogP contribution is 2.35. The number of amides is 3. The fraction of sp³-hybridized carbons (Fsp3) is 0.375. The van der Waals surface area contributed by atoms with Gasteiger partial charge >= 0.3 is 0 Å². The molecule has 4 aromatic rings. The quantitative estimate of drug-likeness (QED) is 0.306. The van der Waals surface area contributed by atoms with Crippen LogP contribution in [-0.4, -0.2) is 93.1 Å². The van der Waals surface area contributed by atoms with Gasteiger partial charge < -0.3 is 34.5 Å². The minimum atomic E-state index is -0.833. The summed E-state index contributed by atoms with van der Waals surface area (Å²) in [5, 5.41) is 14.3. The first-order valence-corrected chi connectivity index (χ1v) is 14.8. The number of carbonyl (C=O) groups excluding carboxylic acids is 3. The Bertz CT molecular complexity index is 1710. The zero-order valence-corrected chi connectivity index (χ0v) is 25.4. The van der Waals surface area contributed by atoms with Crippen molar-refractivity contribution in [2.24, 2.45) is 5.92 Å². The largest absolute Gasteiger partial charge is 0.494 e. The summed E-state index contributed by atoms with van der Waals surface area (Å²) in [5.74, 6) is -0.0267. The van der Waals surface area contributed by atoms with E-state index in [-0.39, 0.29) is 42.4 Å². The van der Waals surface area contributed by atoms with Crippen LogP contribution in [0, 0.1) is 19.8 Å². The Balaban J connectivity index is 0.000000945. The van der Waals surface area contributed by atoms with Crippen LogP contribution in [0.4, 0.5) is 0 Å². The summed E-state index contributed by atoms with van der Waals surface area (Å²) in [6, 6.07) is 14.7. The molecule has 3 N–H and O–H groups in total. The van der Waals surface area contributed by atoms with Crippen molar-refractivity contribution in [2.75, 3.05) is 39.3 Å². The van der Waals surface area contributed by atoms with Crippen LogP contribution < -0.4 is 10.1 Å². The number of aliphatic carboxylic acids is 1. The van der Waals surface area contributed by atoms with Gasteiger partial charge in [-0.15, -0.1) is 0 Å². The number of carbonyl (C=O) groups is 4. The summed E-state index contributed by atoms with van der Waals surface area (Å²) in [4.78, 5) is 60.3. The molecule has 45 heavy (non-hydrogen) atoms. The molecule has 6 rings (SSSR count). The summed E-state index contributed by atoms with van der Waals surface area (Å²) in [6.45, 7) is 6.82. The first-order chi connectivity index (χ1) is 21.6. The van der Waals surface area contributed by atoms with Crippen LogP contribution in [0.3, 0.4) is 0 Å². The number of H-pyrrole nitrogens is 1. The average molecular weight is 617 g/mol. The van der Waals surface area contributed by atoms with Crippen molar-refractivity contribution in [1.82, 2.24) is 30.2 Å². The van der Waals surface area contributed by atoms with E-state index in [1.165, 1.54) is 0 Å². The van der Waals surface area contributed by atoms with Crippen LogP contribution in [0.5, 0.6) is 5.75 Å². The first kappa shape index (κ1) is 31.2. The number of rotatable bonds is 2. The van der Waals surface area contributed by atoms with Crippen LogP contribution in [0.1, 0.15) is 57.3 Å². The number of ether oxygens (including phenoxy) is 1. The van der Waals surface area contributed by atoms with Crippen LogP contribution in [0.2, 0.25) is 0 Å². The molecular formula is C32H36N6O7. The molecule has 0 aliphatic carbocycles. The zero-order chi connectivity index (χ0) is 32.1. The Morgan fingerprint density at radius 1 is 0.978 bits per heavy atom. The Labute approximate surface area is 259 Å². The molecule has 2 atom stereocenters. The smallest absolute Gasteiger partial charge is 0.300 e. The van der Waals surface area contributed by atoms with Crippen molar-refractivity contribution in [3.8, 4) is 5.75 Å². The van der Waals surface area contributed by atoms with Gasteiger partial charge in [0.15, 0.2) is 5.69 Å². The fourth-order valence-electron chi connectivity index (χ4n) is 5.70. The van der Waals surface area contributed by atoms with Crippen molar-refractivity contribution >= 4 is 34.7 Å². The number of nitrogens with zero attached hydrogens (tertiary/aromatic N) is 4. The van der Waals surface area contributed by atoms with E-state index in [1.54, 1.807) is 28.9 Å². The van der Waals surface area contributed by atoms with Gasteiger partial charge in [-0.25, -0.2) is 4.98 Å². The summed E-state index contributed by atoms with van der Waals surface area (Å²) in [5.41, 5.74) is 3.33. The van der Waals surface area contributed by atoms with Gasteiger partial charge in [0, 0.05) is 57.2 Å². The number of carboxylic acid groups (broad SMARTS) is 1. The van der Waals surface area contributed by atoms with Crippen molar-refractivity contribution in [2.45, 2.75) is 33.1 Å². The van der Waals surface area contributed by atoms with E-state index in [2.05, 4.69) is 20.4 Å². The molecule has 0 unspecified atom stereocenters. The number of aromatic amines is 1. The van der Waals surface area contributed by atoms with Gasteiger partial charge in [0.1, 0.15) is 17.3 Å². The monoisotopic (exact) mass is 616 g/mol. The molecule has 2 aromatic carbocycles. The second kappa shape index (κ2) is 13.6. The van der Waals surface area contributed by atoms with E-state index in [9.17, 15) is 14.4 Å². The van der Waals surface area contributed by atoms with Gasteiger partial charge in [0.25, 0.3) is 17.8 Å². The second-order valence-electron chi connectivity index (χ2n) is 11.2. The highest BCUT2D eigenvalue weighted by atomic mass is 16.5. The lowest BCUT2D eigenvalue weighted by Crippen LogP contribution is -2.42. The number of hydrogen-bond donors (Lipinski definition) is 3. The van der Waals surface area contributed by atoms with Gasteiger partial charge in [0.2, 0.25) is 5.91 Å². The average Bonchev–Trinajstić information content (AvgIpc) is 3.74. The Morgan fingerprint density at radius 3 is 2.51 bits per heavy atom. The zero-order valence-electron chi connectivity index (χ0n) is 25.4. The number of carboxylic acids is 1. The third-order valence-corrected chi connectivity index (χ3v) is 7.73. The van der Waals surface area contributed by atoms with Crippen LogP contribution >= 0.6 is 0 Å². The van der Waals surface area contributed by atoms with Gasteiger partial charge in [-0.1, -0.05) is 17.3 Å². The lowest BCUT2D eigenvalue weighted by Gasteiger charge is -2.24. The number of hydrogen-bond acceptors (Lipinski definition) is 8. The van der Waals surface area contributed by atoms with Crippen molar-refractivity contribution < 1.29 is 33.5 Å². The third kappa shape index (κ3) is 7.48. The van der Waals surface area contributed by atoms with Crippen molar-refractivity contribution in [3.63, 3.8) is 0 Å². The molecule has 236 valence electrons. The summed E-state index contributed by atoms with van der Waals surface area (Å²) in [7, 11) is 0. The number of imidazole rings is 1. The van der Waals surface area contributed by atoms with Gasteiger partial charge in [-0.2, -0.15) is 0 Å². The van der Waals surface area contributed by atoms with E-state index >= 15 is 0 Å². The molecule has 1 fully saturated rings. The molecule has 2 aliphatic rings. The number of aryl methyl sites for hydroxylation is 2. The van der Waals surface area contributed by atoms with Gasteiger partial charge in [-0.3, -0.25) is 19.2 Å². The number of fused-ring (bicyclic) bond motifs is 5. The molecule has 3 amide bonds. The SMILES string of the molecule is CC(=O)O.Cc1nc2ccc(C(=O)N3C[C@@H]4C(=O)NCCN(C(=O)c5cc(C)on5)CCCOc5cccc(c5)[C@H]4C3)cc2[nH]1. The molecule has 13 heteroatoms. The Hall–Kier alpha value is -5.20. The van der Waals surface area contributed by atoms with Crippen LogP contribution in [0.15, 0.2) is 53.1 Å². The number of nitrogens with one attached hydrogen (secondary N) is 2. The minimum absolute atomic E-state index is 0.135. The van der Waals surface area contributed by atoms with E-state index in [4.69, 9.17) is 19.2 Å². The summed E-state index contributed by atoms with van der Waals surface area (Å²) in [6.07, 6.45) is 0.606. The molecule has 0 spiro atoms. The predicted molar refractivity (Wildman–Crippen MR) is 163 cm³/mol. The predicted octanol–water partition coefficient (Wildman–Crippen LogP) is 3.16. The Kier molecular flexibility index (Phi) is 9.45. The van der Waals surface area contributed by atoms with Gasteiger partial charge in [-0.05, 0) is 56.2 Å². The molecule has 13 nitrogen and oxygen atoms in total. The minimum Gasteiger partial charge on any atom is -0.494 e.